The van der Waals surface area contributed by atoms with Gasteiger partial charge in [0.15, 0.2) is 0 Å². The third-order valence-corrected chi connectivity index (χ3v) is 8.29. The molecule has 0 radical (unpaired) electrons. The van der Waals surface area contributed by atoms with Gasteiger partial charge in [-0.05, 0) is 31.7 Å². The van der Waals surface area contributed by atoms with Gasteiger partial charge in [-0.1, -0.05) is 98.3 Å². The highest BCUT2D eigenvalue weighted by atomic mass is 28.3. The van der Waals surface area contributed by atoms with Gasteiger partial charge in [0, 0.05) is 6.42 Å². The number of benzene rings is 1. The first-order valence-corrected chi connectivity index (χ1v) is 13.8. The number of ether oxygens (including phenoxy) is 1. The van der Waals surface area contributed by atoms with E-state index in [1.54, 1.807) is 0 Å². The van der Waals surface area contributed by atoms with Gasteiger partial charge in [-0.3, -0.25) is 4.79 Å². The maximum Gasteiger partial charge on any atom is 0.305 e. The summed E-state index contributed by atoms with van der Waals surface area (Å²) >= 11 is 0. The Hall–Kier alpha value is -1.87. The summed E-state index contributed by atoms with van der Waals surface area (Å²) in [6.45, 7) is 12.9. The Morgan fingerprint density at radius 1 is 1.00 bits per heavy atom. The maximum atomic E-state index is 11.9. The number of hydrogen-bond donors (Lipinski definition) is 0. The van der Waals surface area contributed by atoms with Gasteiger partial charge < -0.3 is 4.74 Å². The molecule has 0 spiro atoms. The Kier molecular flexibility index (Phi) is 12.2. The smallest absolute Gasteiger partial charge is 0.305 e. The van der Waals surface area contributed by atoms with Crippen molar-refractivity contribution in [3.63, 3.8) is 0 Å². The van der Waals surface area contributed by atoms with E-state index in [1.807, 2.05) is 12.2 Å². The SMILES string of the molecule is C=CCCCCCCCC(=O)OCC/C=C(\C=C)[Si](C)(C)Cc1ccccc1. The Morgan fingerprint density at radius 3 is 2.36 bits per heavy atom. The minimum Gasteiger partial charge on any atom is -0.465 e. The molecule has 0 heterocycles. The van der Waals surface area contributed by atoms with Crippen molar-refractivity contribution in [1.29, 1.82) is 0 Å². The van der Waals surface area contributed by atoms with Gasteiger partial charge in [0.1, 0.15) is 0 Å². The molecule has 28 heavy (non-hydrogen) atoms. The van der Waals surface area contributed by atoms with E-state index in [9.17, 15) is 4.79 Å². The van der Waals surface area contributed by atoms with Crippen LogP contribution < -0.4 is 0 Å². The van der Waals surface area contributed by atoms with Crippen molar-refractivity contribution >= 4 is 14.0 Å². The molecule has 0 bridgehead atoms. The van der Waals surface area contributed by atoms with Crippen LogP contribution in [0.1, 0.15) is 56.9 Å². The standard InChI is InChI=1S/C25H38O2Si/c1-5-7-8-9-10-11-15-20-25(26)27-21-16-19-24(6-2)28(3,4)22-23-17-13-12-14-18-23/h5-6,12-14,17-19H,1-2,7-11,15-16,20-22H2,3-4H3/b24-19+. The van der Waals surface area contributed by atoms with Gasteiger partial charge in [-0.2, -0.15) is 0 Å². The zero-order chi connectivity index (χ0) is 20.7. The highest BCUT2D eigenvalue weighted by Crippen LogP contribution is 2.21. The molecular weight excluding hydrogens is 360 g/mol. The van der Waals surface area contributed by atoms with E-state index < -0.39 is 8.07 Å². The van der Waals surface area contributed by atoms with Crippen LogP contribution in [0.15, 0.2) is 66.9 Å². The summed E-state index contributed by atoms with van der Waals surface area (Å²) in [7, 11) is -1.59. The van der Waals surface area contributed by atoms with Crippen molar-refractivity contribution in [3.05, 3.63) is 72.5 Å². The summed E-state index contributed by atoms with van der Waals surface area (Å²) < 4.78 is 5.40. The lowest BCUT2D eigenvalue weighted by atomic mass is 10.1. The van der Waals surface area contributed by atoms with E-state index in [4.69, 9.17) is 4.74 Å². The Morgan fingerprint density at radius 2 is 1.68 bits per heavy atom. The summed E-state index contributed by atoms with van der Waals surface area (Å²) in [5.74, 6) is -0.0690. The molecule has 0 N–H and O–H groups in total. The van der Waals surface area contributed by atoms with Crippen molar-refractivity contribution in [3.8, 4) is 0 Å². The highest BCUT2D eigenvalue weighted by molar-refractivity contribution is 6.84. The Labute approximate surface area is 173 Å². The van der Waals surface area contributed by atoms with Crippen molar-refractivity contribution in [2.45, 2.75) is 70.5 Å². The van der Waals surface area contributed by atoms with Crippen LogP contribution in [0, 0.1) is 0 Å². The second kappa shape index (κ2) is 14.2. The number of hydrogen-bond acceptors (Lipinski definition) is 2. The zero-order valence-corrected chi connectivity index (χ0v) is 18.9. The molecule has 0 saturated heterocycles. The van der Waals surface area contributed by atoms with E-state index in [2.05, 4.69) is 62.7 Å². The van der Waals surface area contributed by atoms with E-state index in [0.717, 1.165) is 31.7 Å². The average molecular weight is 399 g/mol. The lowest BCUT2D eigenvalue weighted by molar-refractivity contribution is -0.143. The minimum atomic E-state index is -1.59. The first-order chi connectivity index (χ1) is 13.5. The first kappa shape index (κ1) is 24.2. The molecule has 1 aromatic carbocycles. The lowest BCUT2D eigenvalue weighted by Gasteiger charge is -2.24. The molecule has 3 heteroatoms. The zero-order valence-electron chi connectivity index (χ0n) is 17.9. The second-order valence-corrected chi connectivity index (χ2v) is 12.7. The first-order valence-electron chi connectivity index (χ1n) is 10.6. The minimum absolute atomic E-state index is 0.0690. The lowest BCUT2D eigenvalue weighted by Crippen LogP contribution is -2.32. The van der Waals surface area contributed by atoms with Crippen molar-refractivity contribution < 1.29 is 9.53 Å². The van der Waals surface area contributed by atoms with Crippen molar-refractivity contribution in [1.82, 2.24) is 0 Å². The molecule has 0 saturated carbocycles. The van der Waals surface area contributed by atoms with Crippen molar-refractivity contribution in [2.24, 2.45) is 0 Å². The number of carbonyl (C=O) groups excluding carboxylic acids is 1. The van der Waals surface area contributed by atoms with E-state index >= 15 is 0 Å². The molecular formula is C25H38O2Si. The molecule has 0 aliphatic heterocycles. The molecule has 0 aliphatic rings. The fourth-order valence-corrected chi connectivity index (χ4v) is 6.10. The predicted molar refractivity (Wildman–Crippen MR) is 124 cm³/mol. The van der Waals surface area contributed by atoms with Gasteiger partial charge in [-0.25, -0.2) is 0 Å². The summed E-state index contributed by atoms with van der Waals surface area (Å²) in [5, 5.41) is 1.34. The van der Waals surface area contributed by atoms with Crippen LogP contribution in [-0.2, 0) is 15.6 Å². The maximum absolute atomic E-state index is 11.9. The summed E-state index contributed by atoms with van der Waals surface area (Å²) in [6, 6.07) is 11.7. The fourth-order valence-electron chi connectivity index (χ4n) is 3.39. The van der Waals surface area contributed by atoms with Gasteiger partial charge in [0.2, 0.25) is 0 Å². The molecule has 0 atom stereocenters. The van der Waals surface area contributed by atoms with Gasteiger partial charge in [-0.15, -0.1) is 6.58 Å². The van der Waals surface area contributed by atoms with Crippen LogP contribution in [0.5, 0.6) is 0 Å². The largest absolute Gasteiger partial charge is 0.465 e. The van der Waals surface area contributed by atoms with Crippen LogP contribution >= 0.6 is 0 Å². The van der Waals surface area contributed by atoms with Crippen LogP contribution in [0.4, 0.5) is 0 Å². The van der Waals surface area contributed by atoms with E-state index in [1.165, 1.54) is 30.0 Å². The molecule has 0 amide bonds. The molecule has 1 rings (SSSR count). The van der Waals surface area contributed by atoms with Gasteiger partial charge in [0.05, 0.1) is 14.7 Å². The monoisotopic (exact) mass is 398 g/mol. The number of allylic oxidation sites excluding steroid dienone is 3. The Bertz CT molecular complexity index is 617. The second-order valence-electron chi connectivity index (χ2n) is 8.01. The topological polar surface area (TPSA) is 26.3 Å². The third kappa shape index (κ3) is 10.5. The molecule has 154 valence electrons. The molecule has 0 aromatic heterocycles. The Balaban J connectivity index is 2.28. The summed E-state index contributed by atoms with van der Waals surface area (Å²) in [6.07, 6.45) is 14.2. The third-order valence-electron chi connectivity index (χ3n) is 5.02. The fraction of sp³-hybridized carbons (Fsp3) is 0.480. The summed E-state index contributed by atoms with van der Waals surface area (Å²) in [4.78, 5) is 11.9. The molecule has 0 fully saturated rings. The normalized spacial score (nSPS) is 11.9. The summed E-state index contributed by atoms with van der Waals surface area (Å²) in [5.41, 5.74) is 1.38. The van der Waals surface area contributed by atoms with E-state index in [0.29, 0.717) is 13.0 Å². The predicted octanol–water partition coefficient (Wildman–Crippen LogP) is 6.98. The van der Waals surface area contributed by atoms with Gasteiger partial charge >= 0.3 is 5.97 Å². The number of esters is 1. The molecule has 1 aromatic rings. The molecule has 0 aliphatic carbocycles. The van der Waals surface area contributed by atoms with Crippen molar-refractivity contribution in [2.75, 3.05) is 6.61 Å². The average Bonchev–Trinajstić information content (AvgIpc) is 2.67. The van der Waals surface area contributed by atoms with Crippen LogP contribution in [0.3, 0.4) is 0 Å². The molecule has 2 nitrogen and oxygen atoms in total. The van der Waals surface area contributed by atoms with Crippen LogP contribution in [0.25, 0.3) is 0 Å². The van der Waals surface area contributed by atoms with Gasteiger partial charge in [0.25, 0.3) is 0 Å². The number of carbonyl (C=O) groups is 1. The molecule has 0 unspecified atom stereocenters. The number of rotatable bonds is 15. The highest BCUT2D eigenvalue weighted by Gasteiger charge is 2.24. The van der Waals surface area contributed by atoms with Crippen LogP contribution in [-0.4, -0.2) is 20.7 Å². The quantitative estimate of drug-likeness (QED) is 0.105. The number of unbranched alkanes of at least 4 members (excludes halogenated alkanes) is 5. The van der Waals surface area contributed by atoms with E-state index in [-0.39, 0.29) is 5.97 Å². The van der Waals surface area contributed by atoms with Crippen LogP contribution in [0.2, 0.25) is 13.1 Å².